The van der Waals surface area contributed by atoms with Gasteiger partial charge in [-0.2, -0.15) is 0 Å². The van der Waals surface area contributed by atoms with Gasteiger partial charge in [0.15, 0.2) is 0 Å². The Bertz CT molecular complexity index is 370. The second-order valence-corrected chi connectivity index (χ2v) is 4.48. The highest BCUT2D eigenvalue weighted by Gasteiger charge is 2.17. The van der Waals surface area contributed by atoms with Crippen LogP contribution in [0.3, 0.4) is 0 Å². The predicted molar refractivity (Wildman–Crippen MR) is 66.4 cm³/mol. The van der Waals surface area contributed by atoms with Crippen LogP contribution in [0.2, 0.25) is 0 Å². The van der Waals surface area contributed by atoms with Gasteiger partial charge in [0.25, 0.3) is 0 Å². The number of nitrogens with two attached hydrogens (primary N) is 1. The number of anilines is 2. The van der Waals surface area contributed by atoms with Crippen LogP contribution in [0, 0.1) is 6.92 Å². The maximum Gasteiger partial charge on any atom is 0.134 e. The van der Waals surface area contributed by atoms with Crippen LogP contribution >= 0.6 is 0 Å². The molecule has 1 aromatic rings. The standard InChI is InChI=1S/C12H20N4/c1-3-10-15-11(13)8(2)12(16-10)14-9-6-4-5-7-9/h9H,3-7H2,1-2H3,(H3,13,14,15,16). The van der Waals surface area contributed by atoms with E-state index in [9.17, 15) is 0 Å². The molecule has 0 atom stereocenters. The smallest absolute Gasteiger partial charge is 0.134 e. The SMILES string of the molecule is CCc1nc(N)c(C)c(NC2CCCC2)n1. The maximum absolute atomic E-state index is 5.88. The minimum atomic E-state index is 0.567. The third kappa shape index (κ3) is 2.26. The molecule has 0 unspecified atom stereocenters. The first-order valence-corrected chi connectivity index (χ1v) is 6.10. The summed E-state index contributed by atoms with van der Waals surface area (Å²) >= 11 is 0. The van der Waals surface area contributed by atoms with Crippen molar-refractivity contribution in [2.75, 3.05) is 11.1 Å². The molecular formula is C12H20N4. The molecule has 2 rings (SSSR count). The number of hydrogen-bond donors (Lipinski definition) is 2. The highest BCUT2D eigenvalue weighted by molar-refractivity contribution is 5.55. The van der Waals surface area contributed by atoms with Gasteiger partial charge in [0.05, 0.1) is 0 Å². The second-order valence-electron chi connectivity index (χ2n) is 4.48. The molecule has 1 fully saturated rings. The van der Waals surface area contributed by atoms with Gasteiger partial charge < -0.3 is 11.1 Å². The first-order chi connectivity index (χ1) is 7.70. The van der Waals surface area contributed by atoms with Crippen LogP contribution < -0.4 is 11.1 Å². The number of hydrogen-bond acceptors (Lipinski definition) is 4. The number of aryl methyl sites for hydroxylation is 1. The van der Waals surface area contributed by atoms with Crippen molar-refractivity contribution in [1.82, 2.24) is 9.97 Å². The van der Waals surface area contributed by atoms with E-state index in [0.29, 0.717) is 11.9 Å². The third-order valence-corrected chi connectivity index (χ3v) is 3.24. The van der Waals surface area contributed by atoms with Gasteiger partial charge in [-0.15, -0.1) is 0 Å². The van der Waals surface area contributed by atoms with Crippen LogP contribution in [0.4, 0.5) is 11.6 Å². The molecule has 4 heteroatoms. The molecule has 1 heterocycles. The van der Waals surface area contributed by atoms with Gasteiger partial charge in [-0.1, -0.05) is 19.8 Å². The Balaban J connectivity index is 2.20. The molecule has 1 aliphatic rings. The Morgan fingerprint density at radius 3 is 2.62 bits per heavy atom. The van der Waals surface area contributed by atoms with Gasteiger partial charge in [-0.3, -0.25) is 0 Å². The molecule has 88 valence electrons. The lowest BCUT2D eigenvalue weighted by molar-refractivity contribution is 0.745. The lowest BCUT2D eigenvalue weighted by Gasteiger charge is -2.16. The van der Waals surface area contributed by atoms with Crippen molar-refractivity contribution >= 4 is 11.6 Å². The molecule has 0 saturated heterocycles. The van der Waals surface area contributed by atoms with Gasteiger partial charge in [0, 0.05) is 18.0 Å². The number of aromatic nitrogens is 2. The fourth-order valence-corrected chi connectivity index (χ4v) is 2.14. The lowest BCUT2D eigenvalue weighted by Crippen LogP contribution is -2.18. The molecule has 0 aliphatic heterocycles. The molecule has 1 aromatic heterocycles. The van der Waals surface area contributed by atoms with Crippen molar-refractivity contribution in [3.8, 4) is 0 Å². The summed E-state index contributed by atoms with van der Waals surface area (Å²) in [6.45, 7) is 4.02. The van der Waals surface area contributed by atoms with E-state index in [1.807, 2.05) is 13.8 Å². The molecule has 16 heavy (non-hydrogen) atoms. The second kappa shape index (κ2) is 4.68. The minimum Gasteiger partial charge on any atom is -0.383 e. The number of nitrogens with zero attached hydrogens (tertiary/aromatic N) is 2. The molecule has 0 radical (unpaired) electrons. The summed E-state index contributed by atoms with van der Waals surface area (Å²) in [7, 11) is 0. The Morgan fingerprint density at radius 2 is 2.00 bits per heavy atom. The molecule has 4 nitrogen and oxygen atoms in total. The van der Waals surface area contributed by atoms with E-state index in [1.54, 1.807) is 0 Å². The van der Waals surface area contributed by atoms with Crippen molar-refractivity contribution in [3.63, 3.8) is 0 Å². The monoisotopic (exact) mass is 220 g/mol. The van der Waals surface area contributed by atoms with E-state index in [4.69, 9.17) is 5.73 Å². The topological polar surface area (TPSA) is 63.8 Å². The Morgan fingerprint density at radius 1 is 1.31 bits per heavy atom. The van der Waals surface area contributed by atoms with Gasteiger partial charge in [0.1, 0.15) is 17.5 Å². The summed E-state index contributed by atoms with van der Waals surface area (Å²) in [6, 6.07) is 0.567. The van der Waals surface area contributed by atoms with Crippen molar-refractivity contribution in [3.05, 3.63) is 11.4 Å². The van der Waals surface area contributed by atoms with Crippen LogP contribution in [0.15, 0.2) is 0 Å². The zero-order valence-corrected chi connectivity index (χ0v) is 10.1. The summed E-state index contributed by atoms with van der Waals surface area (Å²) in [6.07, 6.45) is 5.94. The average molecular weight is 220 g/mol. The molecule has 0 spiro atoms. The quantitative estimate of drug-likeness (QED) is 0.820. The molecule has 0 bridgehead atoms. The van der Waals surface area contributed by atoms with E-state index in [2.05, 4.69) is 15.3 Å². The van der Waals surface area contributed by atoms with Crippen LogP contribution in [-0.2, 0) is 6.42 Å². The summed E-state index contributed by atoms with van der Waals surface area (Å²) in [5.41, 5.74) is 6.86. The molecule has 1 saturated carbocycles. The number of rotatable bonds is 3. The fourth-order valence-electron chi connectivity index (χ4n) is 2.14. The lowest BCUT2D eigenvalue weighted by atomic mass is 10.2. The molecular weight excluding hydrogens is 200 g/mol. The molecule has 1 aliphatic carbocycles. The zero-order chi connectivity index (χ0) is 11.5. The fraction of sp³-hybridized carbons (Fsp3) is 0.667. The molecule has 3 N–H and O–H groups in total. The Kier molecular flexibility index (Phi) is 3.27. The summed E-state index contributed by atoms with van der Waals surface area (Å²) < 4.78 is 0. The van der Waals surface area contributed by atoms with E-state index in [1.165, 1.54) is 25.7 Å². The first-order valence-electron chi connectivity index (χ1n) is 6.10. The maximum atomic E-state index is 5.88. The molecule has 0 aromatic carbocycles. The first kappa shape index (κ1) is 11.2. The van der Waals surface area contributed by atoms with Gasteiger partial charge in [-0.05, 0) is 19.8 Å². The largest absolute Gasteiger partial charge is 0.383 e. The van der Waals surface area contributed by atoms with E-state index in [0.717, 1.165) is 23.6 Å². The highest BCUT2D eigenvalue weighted by atomic mass is 15.1. The van der Waals surface area contributed by atoms with Crippen molar-refractivity contribution in [2.24, 2.45) is 0 Å². The average Bonchev–Trinajstić information content (AvgIpc) is 2.77. The summed E-state index contributed by atoms with van der Waals surface area (Å²) in [4.78, 5) is 8.77. The summed E-state index contributed by atoms with van der Waals surface area (Å²) in [5.74, 6) is 2.35. The number of nitrogen functional groups attached to an aromatic ring is 1. The van der Waals surface area contributed by atoms with Crippen molar-refractivity contribution in [1.29, 1.82) is 0 Å². The number of nitrogens with one attached hydrogen (secondary N) is 1. The summed E-state index contributed by atoms with van der Waals surface area (Å²) in [5, 5.41) is 3.49. The van der Waals surface area contributed by atoms with Gasteiger partial charge in [0.2, 0.25) is 0 Å². The Hall–Kier alpha value is -1.32. The highest BCUT2D eigenvalue weighted by Crippen LogP contribution is 2.24. The third-order valence-electron chi connectivity index (χ3n) is 3.24. The van der Waals surface area contributed by atoms with E-state index in [-0.39, 0.29) is 0 Å². The normalized spacial score (nSPS) is 16.6. The van der Waals surface area contributed by atoms with Crippen LogP contribution in [0.1, 0.15) is 44.0 Å². The van der Waals surface area contributed by atoms with Crippen molar-refractivity contribution in [2.45, 2.75) is 52.0 Å². The van der Waals surface area contributed by atoms with E-state index >= 15 is 0 Å². The van der Waals surface area contributed by atoms with Crippen molar-refractivity contribution < 1.29 is 0 Å². The Labute approximate surface area is 96.7 Å². The van der Waals surface area contributed by atoms with Gasteiger partial charge in [-0.25, -0.2) is 9.97 Å². The molecule has 0 amide bonds. The predicted octanol–water partition coefficient (Wildman–Crippen LogP) is 2.28. The van der Waals surface area contributed by atoms with Gasteiger partial charge >= 0.3 is 0 Å². The van der Waals surface area contributed by atoms with E-state index < -0.39 is 0 Å². The van der Waals surface area contributed by atoms with Crippen LogP contribution in [0.5, 0.6) is 0 Å². The minimum absolute atomic E-state index is 0.567. The van der Waals surface area contributed by atoms with Crippen LogP contribution in [-0.4, -0.2) is 16.0 Å². The van der Waals surface area contributed by atoms with Crippen LogP contribution in [0.25, 0.3) is 0 Å². The zero-order valence-electron chi connectivity index (χ0n) is 10.1.